The van der Waals surface area contributed by atoms with Gasteiger partial charge in [0.05, 0.1) is 0 Å². The molecule has 1 unspecified atom stereocenters. The van der Waals surface area contributed by atoms with Crippen LogP contribution in [0.2, 0.25) is 0 Å². The first kappa shape index (κ1) is 14.5. The number of ether oxygens (including phenoxy) is 1. The molecule has 17 heavy (non-hydrogen) atoms. The highest BCUT2D eigenvalue weighted by molar-refractivity contribution is 9.10. The molecule has 0 aliphatic rings. The summed E-state index contributed by atoms with van der Waals surface area (Å²) < 4.78 is 6.76. The third kappa shape index (κ3) is 6.08. The van der Waals surface area contributed by atoms with Crippen molar-refractivity contribution in [2.45, 2.75) is 20.3 Å². The average Bonchev–Trinajstić information content (AvgIpc) is 2.29. The molecule has 2 nitrogen and oxygen atoms in total. The van der Waals surface area contributed by atoms with Gasteiger partial charge in [0.1, 0.15) is 12.4 Å². The van der Waals surface area contributed by atoms with Gasteiger partial charge in [-0.05, 0) is 31.2 Å². The van der Waals surface area contributed by atoms with Gasteiger partial charge < -0.3 is 9.64 Å². The van der Waals surface area contributed by atoms with Crippen LogP contribution >= 0.6 is 15.9 Å². The van der Waals surface area contributed by atoms with Crippen LogP contribution in [-0.2, 0) is 0 Å². The lowest BCUT2D eigenvalue weighted by atomic mass is 10.1. The minimum Gasteiger partial charge on any atom is -0.492 e. The standard InChI is InChI=1S/C14H22BrNO/c1-4-12(2)11-16(3)8-9-17-14-7-5-6-13(15)10-14/h5-7,10,12H,4,8-9,11H2,1-3H3. The molecule has 1 rings (SSSR count). The Hall–Kier alpha value is -0.540. The van der Waals surface area contributed by atoms with Crippen LogP contribution in [0.3, 0.4) is 0 Å². The molecule has 96 valence electrons. The van der Waals surface area contributed by atoms with E-state index in [9.17, 15) is 0 Å². The number of hydrogen-bond acceptors (Lipinski definition) is 2. The van der Waals surface area contributed by atoms with Crippen LogP contribution in [0.5, 0.6) is 5.75 Å². The highest BCUT2D eigenvalue weighted by Crippen LogP contribution is 2.17. The fourth-order valence-corrected chi connectivity index (χ4v) is 2.01. The van der Waals surface area contributed by atoms with E-state index in [-0.39, 0.29) is 0 Å². The fraction of sp³-hybridized carbons (Fsp3) is 0.571. The maximum absolute atomic E-state index is 5.70. The number of benzene rings is 1. The zero-order valence-corrected chi connectivity index (χ0v) is 12.5. The Bertz CT molecular complexity index is 330. The molecule has 0 N–H and O–H groups in total. The monoisotopic (exact) mass is 299 g/mol. The molecule has 3 heteroatoms. The van der Waals surface area contributed by atoms with E-state index in [4.69, 9.17) is 4.74 Å². The Kier molecular flexibility index (Phi) is 6.60. The molecule has 0 radical (unpaired) electrons. The zero-order chi connectivity index (χ0) is 12.7. The van der Waals surface area contributed by atoms with Crippen molar-refractivity contribution in [3.8, 4) is 5.75 Å². The predicted molar refractivity (Wildman–Crippen MR) is 76.6 cm³/mol. The number of rotatable bonds is 7. The largest absolute Gasteiger partial charge is 0.492 e. The summed E-state index contributed by atoms with van der Waals surface area (Å²) in [5.41, 5.74) is 0. The first-order valence-electron chi connectivity index (χ1n) is 6.18. The van der Waals surface area contributed by atoms with E-state index in [1.165, 1.54) is 6.42 Å². The molecule has 0 aliphatic carbocycles. The quantitative estimate of drug-likeness (QED) is 0.759. The summed E-state index contributed by atoms with van der Waals surface area (Å²) >= 11 is 3.43. The molecule has 0 heterocycles. The Morgan fingerprint density at radius 3 is 2.82 bits per heavy atom. The van der Waals surface area contributed by atoms with E-state index in [1.54, 1.807) is 0 Å². The number of nitrogens with zero attached hydrogens (tertiary/aromatic N) is 1. The normalized spacial score (nSPS) is 12.8. The maximum atomic E-state index is 5.70. The number of likely N-dealkylation sites (N-methyl/N-ethyl adjacent to an activating group) is 1. The molecule has 0 spiro atoms. The van der Waals surface area contributed by atoms with Gasteiger partial charge in [-0.2, -0.15) is 0 Å². The third-order valence-corrected chi connectivity index (χ3v) is 3.35. The van der Waals surface area contributed by atoms with Gasteiger partial charge in [-0.25, -0.2) is 0 Å². The van der Waals surface area contributed by atoms with Crippen LogP contribution in [0.25, 0.3) is 0 Å². The highest BCUT2D eigenvalue weighted by Gasteiger charge is 2.04. The Morgan fingerprint density at radius 2 is 2.18 bits per heavy atom. The lowest BCUT2D eigenvalue weighted by Crippen LogP contribution is -2.28. The third-order valence-electron chi connectivity index (χ3n) is 2.86. The van der Waals surface area contributed by atoms with Crippen LogP contribution in [-0.4, -0.2) is 31.6 Å². The van der Waals surface area contributed by atoms with Crippen LogP contribution in [0.4, 0.5) is 0 Å². The van der Waals surface area contributed by atoms with Crippen LogP contribution in [0.15, 0.2) is 28.7 Å². The van der Waals surface area contributed by atoms with E-state index < -0.39 is 0 Å². The summed E-state index contributed by atoms with van der Waals surface area (Å²) in [6.45, 7) is 7.36. The number of halogens is 1. The summed E-state index contributed by atoms with van der Waals surface area (Å²) in [6, 6.07) is 7.97. The minimum absolute atomic E-state index is 0.739. The first-order valence-corrected chi connectivity index (χ1v) is 6.98. The fourth-order valence-electron chi connectivity index (χ4n) is 1.63. The Labute approximate surface area is 113 Å². The number of hydrogen-bond donors (Lipinski definition) is 0. The van der Waals surface area contributed by atoms with Gasteiger partial charge >= 0.3 is 0 Å². The average molecular weight is 300 g/mol. The minimum atomic E-state index is 0.739. The molecule has 0 saturated heterocycles. The van der Waals surface area contributed by atoms with Crippen molar-refractivity contribution in [2.24, 2.45) is 5.92 Å². The van der Waals surface area contributed by atoms with E-state index >= 15 is 0 Å². The van der Waals surface area contributed by atoms with Crippen molar-refractivity contribution in [2.75, 3.05) is 26.7 Å². The van der Waals surface area contributed by atoms with Crippen molar-refractivity contribution in [3.05, 3.63) is 28.7 Å². The molecule has 0 aliphatic heterocycles. The van der Waals surface area contributed by atoms with Crippen LogP contribution in [0, 0.1) is 5.92 Å². The predicted octanol–water partition coefficient (Wildman–Crippen LogP) is 3.81. The molecule has 1 aromatic rings. The molecule has 1 aromatic carbocycles. The summed E-state index contributed by atoms with van der Waals surface area (Å²) in [7, 11) is 2.15. The lowest BCUT2D eigenvalue weighted by Gasteiger charge is -2.20. The molecule has 0 bridgehead atoms. The molecular formula is C14H22BrNO. The molecule has 0 saturated carbocycles. The van der Waals surface area contributed by atoms with Gasteiger partial charge in [0.2, 0.25) is 0 Å². The van der Waals surface area contributed by atoms with Crippen molar-refractivity contribution in [1.29, 1.82) is 0 Å². The van der Waals surface area contributed by atoms with Crippen LogP contribution < -0.4 is 4.74 Å². The van der Waals surface area contributed by atoms with E-state index in [2.05, 4.69) is 41.7 Å². The Morgan fingerprint density at radius 1 is 1.41 bits per heavy atom. The van der Waals surface area contributed by atoms with Gasteiger partial charge in [-0.3, -0.25) is 0 Å². The summed E-state index contributed by atoms with van der Waals surface area (Å²) in [5, 5.41) is 0. The zero-order valence-electron chi connectivity index (χ0n) is 10.9. The first-order chi connectivity index (χ1) is 8.11. The molecule has 0 amide bonds. The second-order valence-electron chi connectivity index (χ2n) is 4.58. The van der Waals surface area contributed by atoms with Gasteiger partial charge in [-0.1, -0.05) is 42.3 Å². The molecule has 0 aromatic heterocycles. The summed E-state index contributed by atoms with van der Waals surface area (Å²) in [4.78, 5) is 2.33. The van der Waals surface area contributed by atoms with Crippen molar-refractivity contribution in [3.63, 3.8) is 0 Å². The van der Waals surface area contributed by atoms with Crippen molar-refractivity contribution >= 4 is 15.9 Å². The topological polar surface area (TPSA) is 12.5 Å². The molecule has 0 fully saturated rings. The summed E-state index contributed by atoms with van der Waals surface area (Å²) in [6.07, 6.45) is 1.23. The van der Waals surface area contributed by atoms with Gasteiger partial charge in [0.25, 0.3) is 0 Å². The highest BCUT2D eigenvalue weighted by atomic mass is 79.9. The van der Waals surface area contributed by atoms with E-state index in [1.807, 2.05) is 24.3 Å². The second kappa shape index (κ2) is 7.72. The Balaban J connectivity index is 2.23. The maximum Gasteiger partial charge on any atom is 0.120 e. The van der Waals surface area contributed by atoms with Gasteiger partial charge in [0, 0.05) is 17.6 Å². The molecular weight excluding hydrogens is 278 g/mol. The van der Waals surface area contributed by atoms with Gasteiger partial charge in [0.15, 0.2) is 0 Å². The van der Waals surface area contributed by atoms with Crippen molar-refractivity contribution < 1.29 is 4.74 Å². The summed E-state index contributed by atoms with van der Waals surface area (Å²) in [5.74, 6) is 1.68. The van der Waals surface area contributed by atoms with E-state index in [0.717, 1.165) is 35.8 Å². The second-order valence-corrected chi connectivity index (χ2v) is 5.50. The van der Waals surface area contributed by atoms with Crippen molar-refractivity contribution in [1.82, 2.24) is 4.90 Å². The molecule has 1 atom stereocenters. The SMILES string of the molecule is CCC(C)CN(C)CCOc1cccc(Br)c1. The van der Waals surface area contributed by atoms with Crippen LogP contribution in [0.1, 0.15) is 20.3 Å². The van der Waals surface area contributed by atoms with E-state index in [0.29, 0.717) is 0 Å². The lowest BCUT2D eigenvalue weighted by molar-refractivity contribution is 0.217. The smallest absolute Gasteiger partial charge is 0.120 e. The van der Waals surface area contributed by atoms with Gasteiger partial charge in [-0.15, -0.1) is 0 Å².